The molecule has 5 nitrogen and oxygen atoms in total. The van der Waals surface area contributed by atoms with Gasteiger partial charge in [-0.1, -0.05) is 31.0 Å². The fourth-order valence-electron chi connectivity index (χ4n) is 3.59. The number of carbonyl (C=O) groups excluding carboxylic acids is 3. The normalized spacial score (nSPS) is 22.8. The molecule has 1 N–H and O–H groups in total. The van der Waals surface area contributed by atoms with Crippen LogP contribution in [0, 0.1) is 11.8 Å². The molecule has 2 fully saturated rings. The highest BCUT2D eigenvalue weighted by molar-refractivity contribution is 7.99. The van der Waals surface area contributed by atoms with Crippen molar-refractivity contribution in [3.05, 3.63) is 30.3 Å². The van der Waals surface area contributed by atoms with E-state index in [1.807, 2.05) is 18.2 Å². The second-order valence-electron chi connectivity index (χ2n) is 6.63. The summed E-state index contributed by atoms with van der Waals surface area (Å²) in [6.45, 7) is 0.429. The Bertz CT molecular complexity index is 611. The average Bonchev–Trinajstić information content (AvgIpc) is 2.88. The van der Waals surface area contributed by atoms with Crippen LogP contribution in [0.4, 0.5) is 0 Å². The standard InChI is InChI=1S/C19H24N2O3S/c22-17(20-11-6-12-25-14-7-2-1-3-8-14)13-21-18(23)15-9-4-5-10-16(15)19(21)24/h1-3,7-8,15-16H,4-6,9-13H2,(H,20,22). The van der Waals surface area contributed by atoms with E-state index in [2.05, 4.69) is 17.4 Å². The molecule has 0 aromatic heterocycles. The lowest BCUT2D eigenvalue weighted by Crippen LogP contribution is -2.41. The number of nitrogens with zero attached hydrogens (tertiary/aromatic N) is 1. The van der Waals surface area contributed by atoms with Gasteiger partial charge in [0.15, 0.2) is 0 Å². The Balaban J connectivity index is 1.37. The van der Waals surface area contributed by atoms with Gasteiger partial charge >= 0.3 is 0 Å². The number of benzene rings is 1. The highest BCUT2D eigenvalue weighted by Crippen LogP contribution is 2.37. The Morgan fingerprint density at radius 3 is 2.36 bits per heavy atom. The summed E-state index contributed by atoms with van der Waals surface area (Å²) in [4.78, 5) is 39.1. The van der Waals surface area contributed by atoms with E-state index < -0.39 is 0 Å². The first-order valence-electron chi connectivity index (χ1n) is 8.96. The SMILES string of the molecule is O=C(CN1C(=O)C2CCCCC2C1=O)NCCCSc1ccccc1. The molecule has 1 aliphatic carbocycles. The average molecular weight is 360 g/mol. The highest BCUT2D eigenvalue weighted by Gasteiger charge is 2.48. The van der Waals surface area contributed by atoms with Crippen LogP contribution in [0.1, 0.15) is 32.1 Å². The van der Waals surface area contributed by atoms with Gasteiger partial charge in [0.25, 0.3) is 0 Å². The van der Waals surface area contributed by atoms with Gasteiger partial charge < -0.3 is 5.32 Å². The molecule has 25 heavy (non-hydrogen) atoms. The molecule has 3 rings (SSSR count). The van der Waals surface area contributed by atoms with Crippen molar-refractivity contribution in [1.29, 1.82) is 0 Å². The number of hydrogen-bond acceptors (Lipinski definition) is 4. The summed E-state index contributed by atoms with van der Waals surface area (Å²) in [5, 5.41) is 2.82. The molecule has 0 radical (unpaired) electrons. The van der Waals surface area contributed by atoms with Gasteiger partial charge in [0.05, 0.1) is 11.8 Å². The zero-order valence-electron chi connectivity index (χ0n) is 14.3. The number of likely N-dealkylation sites (tertiary alicyclic amines) is 1. The fourth-order valence-corrected chi connectivity index (χ4v) is 4.47. The highest BCUT2D eigenvalue weighted by atomic mass is 32.2. The van der Waals surface area contributed by atoms with Crippen molar-refractivity contribution in [3.8, 4) is 0 Å². The number of carbonyl (C=O) groups is 3. The number of thioether (sulfide) groups is 1. The number of nitrogens with one attached hydrogen (secondary N) is 1. The predicted octanol–water partition coefficient (Wildman–Crippen LogP) is 2.46. The fraction of sp³-hybridized carbons (Fsp3) is 0.526. The lowest BCUT2D eigenvalue weighted by Gasteiger charge is -2.19. The first-order chi connectivity index (χ1) is 12.2. The largest absolute Gasteiger partial charge is 0.355 e. The number of imide groups is 1. The Morgan fingerprint density at radius 1 is 1.08 bits per heavy atom. The maximum Gasteiger partial charge on any atom is 0.240 e. The van der Waals surface area contributed by atoms with Gasteiger partial charge in [0, 0.05) is 11.4 Å². The third-order valence-corrected chi connectivity index (χ3v) is 5.99. The van der Waals surface area contributed by atoms with Gasteiger partial charge in [-0.15, -0.1) is 11.8 Å². The van der Waals surface area contributed by atoms with Crippen LogP contribution in [-0.2, 0) is 14.4 Å². The molecule has 0 spiro atoms. The molecule has 2 atom stereocenters. The predicted molar refractivity (Wildman–Crippen MR) is 97.0 cm³/mol. The topological polar surface area (TPSA) is 66.5 Å². The van der Waals surface area contributed by atoms with Crippen molar-refractivity contribution in [2.45, 2.75) is 37.0 Å². The first kappa shape index (κ1) is 18.0. The smallest absolute Gasteiger partial charge is 0.240 e. The van der Waals surface area contributed by atoms with E-state index in [1.165, 1.54) is 9.80 Å². The maximum absolute atomic E-state index is 12.3. The van der Waals surface area contributed by atoms with Gasteiger partial charge in [0.2, 0.25) is 17.7 Å². The monoisotopic (exact) mass is 360 g/mol. The van der Waals surface area contributed by atoms with Crippen molar-refractivity contribution in [3.63, 3.8) is 0 Å². The van der Waals surface area contributed by atoms with E-state index >= 15 is 0 Å². The van der Waals surface area contributed by atoms with Crippen LogP contribution in [0.3, 0.4) is 0 Å². The molecular weight excluding hydrogens is 336 g/mol. The van der Waals surface area contributed by atoms with Gasteiger partial charge in [-0.2, -0.15) is 0 Å². The molecule has 6 heteroatoms. The summed E-state index contributed by atoms with van der Waals surface area (Å²) < 4.78 is 0. The lowest BCUT2D eigenvalue weighted by molar-refractivity contribution is -0.143. The maximum atomic E-state index is 12.3. The first-order valence-corrected chi connectivity index (χ1v) is 9.95. The minimum Gasteiger partial charge on any atom is -0.355 e. The molecular formula is C19H24N2O3S. The number of amides is 3. The number of fused-ring (bicyclic) bond motifs is 1. The van der Waals surface area contributed by atoms with Crippen LogP contribution in [0.5, 0.6) is 0 Å². The van der Waals surface area contributed by atoms with Gasteiger partial charge in [0.1, 0.15) is 6.54 Å². The summed E-state index contributed by atoms with van der Waals surface area (Å²) in [5.41, 5.74) is 0. The molecule has 3 amide bonds. The molecule has 1 saturated carbocycles. The minimum atomic E-state index is -0.245. The quantitative estimate of drug-likeness (QED) is 0.461. The third-order valence-electron chi connectivity index (χ3n) is 4.89. The van der Waals surface area contributed by atoms with Crippen LogP contribution in [0.25, 0.3) is 0 Å². The number of rotatable bonds is 7. The van der Waals surface area contributed by atoms with Crippen LogP contribution in [0.2, 0.25) is 0 Å². The molecule has 134 valence electrons. The van der Waals surface area contributed by atoms with Crippen molar-refractivity contribution < 1.29 is 14.4 Å². The van der Waals surface area contributed by atoms with E-state index in [9.17, 15) is 14.4 Å². The van der Waals surface area contributed by atoms with Crippen LogP contribution in [0.15, 0.2) is 35.2 Å². The van der Waals surface area contributed by atoms with Gasteiger partial charge in [-0.3, -0.25) is 19.3 Å². The van der Waals surface area contributed by atoms with Crippen LogP contribution < -0.4 is 5.32 Å². The Labute approximate surface area is 152 Å². The third kappa shape index (κ3) is 4.42. The van der Waals surface area contributed by atoms with Crippen molar-refractivity contribution in [2.24, 2.45) is 11.8 Å². The van der Waals surface area contributed by atoms with E-state index in [0.29, 0.717) is 6.54 Å². The summed E-state index contributed by atoms with van der Waals surface area (Å²) >= 11 is 1.75. The zero-order chi connectivity index (χ0) is 17.6. The van der Waals surface area contributed by atoms with E-state index in [1.54, 1.807) is 11.8 Å². The molecule has 2 unspecified atom stereocenters. The zero-order valence-corrected chi connectivity index (χ0v) is 15.1. The van der Waals surface area contributed by atoms with E-state index in [0.717, 1.165) is 37.9 Å². The van der Waals surface area contributed by atoms with Crippen molar-refractivity contribution in [2.75, 3.05) is 18.8 Å². The van der Waals surface area contributed by atoms with Gasteiger partial charge in [-0.25, -0.2) is 0 Å². The lowest BCUT2D eigenvalue weighted by atomic mass is 9.81. The molecule has 0 bridgehead atoms. The Morgan fingerprint density at radius 2 is 1.72 bits per heavy atom. The number of hydrogen-bond donors (Lipinski definition) is 1. The van der Waals surface area contributed by atoms with Gasteiger partial charge in [-0.05, 0) is 37.1 Å². The second-order valence-corrected chi connectivity index (χ2v) is 7.79. The van der Waals surface area contributed by atoms with Crippen molar-refractivity contribution >= 4 is 29.5 Å². The summed E-state index contributed by atoms with van der Waals surface area (Å²) in [5.74, 6) is 0.00222. The summed E-state index contributed by atoms with van der Waals surface area (Å²) in [7, 11) is 0. The Hall–Kier alpha value is -1.82. The van der Waals surface area contributed by atoms with Crippen molar-refractivity contribution in [1.82, 2.24) is 10.2 Å². The van der Waals surface area contributed by atoms with E-state index in [-0.39, 0.29) is 36.1 Å². The minimum absolute atomic E-state index is 0.128. The second kappa shape index (κ2) is 8.52. The molecule has 1 aromatic carbocycles. The van der Waals surface area contributed by atoms with Crippen LogP contribution >= 0.6 is 11.8 Å². The summed E-state index contributed by atoms with van der Waals surface area (Å²) in [6, 6.07) is 10.1. The summed E-state index contributed by atoms with van der Waals surface area (Å²) in [6.07, 6.45) is 4.41. The molecule has 2 aliphatic rings. The molecule has 1 aliphatic heterocycles. The molecule has 1 saturated heterocycles. The molecule has 1 heterocycles. The Kier molecular flexibility index (Phi) is 6.13. The molecule has 1 aromatic rings. The van der Waals surface area contributed by atoms with Crippen LogP contribution in [-0.4, -0.2) is 41.5 Å². The van der Waals surface area contributed by atoms with E-state index in [4.69, 9.17) is 0 Å².